The summed E-state index contributed by atoms with van der Waals surface area (Å²) >= 11 is 15.1. The summed E-state index contributed by atoms with van der Waals surface area (Å²) in [6.07, 6.45) is 2.21. The molecular weight excluding hydrogens is 549 g/mol. The predicted molar refractivity (Wildman–Crippen MR) is 148 cm³/mol. The Morgan fingerprint density at radius 3 is 2.78 bits per heavy atom. The van der Waals surface area contributed by atoms with Crippen LogP contribution in [0.5, 0.6) is 0 Å². The maximum atomic E-state index is 12.6. The molecule has 1 amide bonds. The van der Waals surface area contributed by atoms with Crippen molar-refractivity contribution in [3.8, 4) is 17.3 Å². The van der Waals surface area contributed by atoms with E-state index >= 15 is 0 Å². The molecule has 7 nitrogen and oxygen atoms in total. The minimum atomic E-state index is -0.222. The molecule has 3 heterocycles. The lowest BCUT2D eigenvalue weighted by Gasteiger charge is -2.11. The molecule has 0 saturated carbocycles. The SMILES string of the molecule is Cc1ccccc1-n1c(SCc2nc(C(=O)NCCc3ccc(Cl)cc3Cl)cs2)nnc1-c1ccco1. The molecule has 0 bridgehead atoms. The largest absolute Gasteiger partial charge is 0.461 e. The number of amides is 1. The number of aromatic nitrogens is 4. The molecule has 188 valence electrons. The van der Waals surface area contributed by atoms with Crippen molar-refractivity contribution < 1.29 is 9.21 Å². The quantitative estimate of drug-likeness (QED) is 0.195. The third-order valence-corrected chi connectivity index (χ3v) is 8.09. The van der Waals surface area contributed by atoms with Gasteiger partial charge in [-0.3, -0.25) is 9.36 Å². The first-order chi connectivity index (χ1) is 18.0. The zero-order valence-electron chi connectivity index (χ0n) is 19.6. The number of thioether (sulfide) groups is 1. The number of nitrogens with zero attached hydrogens (tertiary/aromatic N) is 4. The summed E-state index contributed by atoms with van der Waals surface area (Å²) in [4.78, 5) is 17.1. The highest BCUT2D eigenvalue weighted by atomic mass is 35.5. The first-order valence-corrected chi connectivity index (χ1v) is 14.0. The van der Waals surface area contributed by atoms with Crippen molar-refractivity contribution in [2.24, 2.45) is 0 Å². The highest BCUT2D eigenvalue weighted by Crippen LogP contribution is 2.31. The van der Waals surface area contributed by atoms with Crippen molar-refractivity contribution in [3.05, 3.63) is 98.1 Å². The van der Waals surface area contributed by atoms with Crippen molar-refractivity contribution in [2.75, 3.05) is 6.54 Å². The highest BCUT2D eigenvalue weighted by molar-refractivity contribution is 7.98. The van der Waals surface area contributed by atoms with Gasteiger partial charge in [-0.1, -0.05) is 59.2 Å². The maximum absolute atomic E-state index is 12.6. The van der Waals surface area contributed by atoms with Gasteiger partial charge in [-0.25, -0.2) is 4.98 Å². The summed E-state index contributed by atoms with van der Waals surface area (Å²) in [5, 5.41) is 16.2. The monoisotopic (exact) mass is 569 g/mol. The normalized spacial score (nSPS) is 11.1. The van der Waals surface area contributed by atoms with Gasteiger partial charge in [0.2, 0.25) is 5.82 Å². The van der Waals surface area contributed by atoms with Crippen LogP contribution >= 0.6 is 46.3 Å². The topological polar surface area (TPSA) is 85.8 Å². The maximum Gasteiger partial charge on any atom is 0.270 e. The Morgan fingerprint density at radius 1 is 1.14 bits per heavy atom. The molecule has 0 saturated heterocycles. The Hall–Kier alpha value is -3.11. The highest BCUT2D eigenvalue weighted by Gasteiger charge is 2.20. The summed E-state index contributed by atoms with van der Waals surface area (Å²) in [5.74, 6) is 1.58. The number of thiazole rings is 1. The van der Waals surface area contributed by atoms with Crippen LogP contribution in [0.25, 0.3) is 17.3 Å². The summed E-state index contributed by atoms with van der Waals surface area (Å²) < 4.78 is 7.59. The first-order valence-electron chi connectivity index (χ1n) is 11.3. The molecule has 5 rings (SSSR count). The van der Waals surface area contributed by atoms with Crippen LogP contribution in [0, 0.1) is 6.92 Å². The molecule has 0 atom stereocenters. The fourth-order valence-corrected chi connectivity index (χ4v) is 5.93. The van der Waals surface area contributed by atoms with Crippen LogP contribution in [0.4, 0.5) is 0 Å². The van der Waals surface area contributed by atoms with Gasteiger partial charge >= 0.3 is 0 Å². The minimum absolute atomic E-state index is 0.222. The summed E-state index contributed by atoms with van der Waals surface area (Å²) in [5.41, 5.74) is 3.37. The number of halogens is 2. The third-order valence-electron chi connectivity index (χ3n) is 5.54. The number of para-hydroxylation sites is 1. The van der Waals surface area contributed by atoms with Gasteiger partial charge in [0.1, 0.15) is 10.7 Å². The molecule has 0 fully saturated rings. The van der Waals surface area contributed by atoms with Crippen molar-refractivity contribution >= 4 is 52.2 Å². The smallest absolute Gasteiger partial charge is 0.270 e. The minimum Gasteiger partial charge on any atom is -0.461 e. The van der Waals surface area contributed by atoms with Gasteiger partial charge in [0, 0.05) is 22.0 Å². The molecule has 37 heavy (non-hydrogen) atoms. The molecular formula is C26H21Cl2N5O2S2. The second-order valence-corrected chi connectivity index (χ2v) is 10.8. The number of nitrogens with one attached hydrogen (secondary N) is 1. The molecule has 0 aliphatic carbocycles. The van der Waals surface area contributed by atoms with Crippen molar-refractivity contribution in [1.29, 1.82) is 0 Å². The number of hydrogen-bond acceptors (Lipinski definition) is 7. The second-order valence-electron chi connectivity index (χ2n) is 8.06. The van der Waals surface area contributed by atoms with Crippen LogP contribution < -0.4 is 5.32 Å². The van der Waals surface area contributed by atoms with Gasteiger partial charge in [-0.05, 0) is 54.8 Å². The number of rotatable bonds is 9. The van der Waals surface area contributed by atoms with E-state index in [-0.39, 0.29) is 5.91 Å². The fourth-order valence-electron chi connectivity index (χ4n) is 3.69. The van der Waals surface area contributed by atoms with Crippen LogP contribution in [0.3, 0.4) is 0 Å². The predicted octanol–water partition coefficient (Wildman–Crippen LogP) is 6.86. The molecule has 3 aromatic heterocycles. The van der Waals surface area contributed by atoms with Gasteiger partial charge in [0.25, 0.3) is 5.91 Å². The van der Waals surface area contributed by atoms with Gasteiger partial charge in [0.05, 0.1) is 17.7 Å². The number of furan rings is 1. The average Bonchev–Trinajstić information content (AvgIpc) is 3.65. The standard InChI is InChI=1S/C26H21Cl2N5O2S2/c1-16-5-2-3-6-21(16)33-24(22-7-4-12-35-22)31-32-26(33)37-15-23-30-20(14-36-23)25(34)29-11-10-17-8-9-18(27)13-19(17)28/h2-9,12-14H,10-11,15H2,1H3,(H,29,34). The summed E-state index contributed by atoms with van der Waals surface area (Å²) in [7, 11) is 0. The molecule has 0 aliphatic rings. The van der Waals surface area contributed by atoms with Crippen molar-refractivity contribution in [3.63, 3.8) is 0 Å². The lowest BCUT2D eigenvalue weighted by Crippen LogP contribution is -2.26. The molecule has 0 spiro atoms. The van der Waals surface area contributed by atoms with E-state index in [0.717, 1.165) is 21.8 Å². The summed E-state index contributed by atoms with van der Waals surface area (Å²) in [6.45, 7) is 2.49. The van der Waals surface area contributed by atoms with Crippen LogP contribution in [0.1, 0.15) is 26.6 Å². The van der Waals surface area contributed by atoms with Gasteiger partial charge in [-0.15, -0.1) is 21.5 Å². The Kier molecular flexibility index (Phi) is 7.95. The van der Waals surface area contributed by atoms with E-state index in [9.17, 15) is 4.79 Å². The Morgan fingerprint density at radius 2 is 2.00 bits per heavy atom. The fraction of sp³-hybridized carbons (Fsp3) is 0.154. The Balaban J connectivity index is 1.25. The van der Waals surface area contributed by atoms with Crippen molar-refractivity contribution in [1.82, 2.24) is 25.1 Å². The molecule has 1 N–H and O–H groups in total. The number of carbonyl (C=O) groups is 1. The van der Waals surface area contributed by atoms with Crippen LogP contribution in [0.2, 0.25) is 10.0 Å². The van der Waals surface area contributed by atoms with E-state index < -0.39 is 0 Å². The van der Waals surface area contributed by atoms with E-state index in [2.05, 4.69) is 20.5 Å². The molecule has 11 heteroatoms. The third kappa shape index (κ3) is 5.91. The van der Waals surface area contributed by atoms with Crippen molar-refractivity contribution in [2.45, 2.75) is 24.3 Å². The van der Waals surface area contributed by atoms with E-state index in [1.807, 2.05) is 54.0 Å². The average molecular weight is 571 g/mol. The molecule has 2 aromatic carbocycles. The van der Waals surface area contributed by atoms with Gasteiger partial charge < -0.3 is 9.73 Å². The number of benzene rings is 2. The molecule has 0 aliphatic heterocycles. The van der Waals surface area contributed by atoms with Crippen LogP contribution in [-0.2, 0) is 12.2 Å². The molecule has 0 unspecified atom stereocenters. The Labute approximate surface area is 231 Å². The number of aryl methyl sites for hydroxylation is 1. The molecule has 0 radical (unpaired) electrons. The van der Waals surface area contributed by atoms with E-state index in [0.29, 0.717) is 51.2 Å². The first kappa shape index (κ1) is 25.5. The van der Waals surface area contributed by atoms with E-state index in [1.54, 1.807) is 23.8 Å². The van der Waals surface area contributed by atoms with Crippen LogP contribution in [-0.4, -0.2) is 32.2 Å². The number of carbonyl (C=O) groups excluding carboxylic acids is 1. The molecule has 5 aromatic rings. The van der Waals surface area contributed by atoms with Gasteiger partial charge in [0.15, 0.2) is 10.9 Å². The second kappa shape index (κ2) is 11.5. The van der Waals surface area contributed by atoms with E-state index in [4.69, 9.17) is 27.6 Å². The lowest BCUT2D eigenvalue weighted by molar-refractivity contribution is 0.0949. The zero-order valence-corrected chi connectivity index (χ0v) is 22.8. The van der Waals surface area contributed by atoms with Crippen LogP contribution in [0.15, 0.2) is 75.8 Å². The zero-order chi connectivity index (χ0) is 25.8. The number of hydrogen-bond donors (Lipinski definition) is 1. The summed E-state index contributed by atoms with van der Waals surface area (Å²) in [6, 6.07) is 17.1. The van der Waals surface area contributed by atoms with E-state index in [1.165, 1.54) is 23.1 Å². The lowest BCUT2D eigenvalue weighted by atomic mass is 10.1. The van der Waals surface area contributed by atoms with Gasteiger partial charge in [-0.2, -0.15) is 0 Å². The Bertz CT molecular complexity index is 1530.